The fourth-order valence-corrected chi connectivity index (χ4v) is 6.95. The summed E-state index contributed by atoms with van der Waals surface area (Å²) < 4.78 is 0. The van der Waals surface area contributed by atoms with Gasteiger partial charge in [-0.3, -0.25) is 0 Å². The molecule has 3 fully saturated rings. The molecule has 2 unspecified atom stereocenters. The summed E-state index contributed by atoms with van der Waals surface area (Å²) >= 11 is 0. The number of fused-ring (bicyclic) bond motifs is 1. The molecule has 3 rings (SSSR count). The van der Waals surface area contributed by atoms with Crippen LogP contribution in [0.5, 0.6) is 0 Å². The Hall–Kier alpha value is -0.0800. The van der Waals surface area contributed by atoms with Crippen molar-refractivity contribution in [2.24, 2.45) is 34.0 Å². The fraction of sp³-hybridized carbons (Fsp3) is 1.00. The molecule has 22 heavy (non-hydrogen) atoms. The Balaban J connectivity index is 2.08. The van der Waals surface area contributed by atoms with Crippen LogP contribution >= 0.6 is 0 Å². The van der Waals surface area contributed by atoms with Gasteiger partial charge in [0.1, 0.15) is 0 Å². The molecule has 2 bridgehead atoms. The van der Waals surface area contributed by atoms with Crippen LogP contribution in [0.2, 0.25) is 0 Å². The number of hydrogen-bond donors (Lipinski definition) is 2. The summed E-state index contributed by atoms with van der Waals surface area (Å²) in [6.07, 6.45) is 6.56. The van der Waals surface area contributed by atoms with Crippen LogP contribution in [0.15, 0.2) is 0 Å². The first-order valence-corrected chi connectivity index (χ1v) is 9.30. The quantitative estimate of drug-likeness (QED) is 0.754. The van der Waals surface area contributed by atoms with Crippen molar-refractivity contribution in [1.29, 1.82) is 0 Å². The second kappa shape index (κ2) is 4.72. The molecule has 128 valence electrons. The molecule has 3 saturated carbocycles. The average Bonchev–Trinajstić information content (AvgIpc) is 2.26. The van der Waals surface area contributed by atoms with Crippen LogP contribution in [0.4, 0.5) is 0 Å². The number of aliphatic hydroxyl groups excluding tert-OH is 1. The van der Waals surface area contributed by atoms with Crippen LogP contribution in [-0.2, 0) is 0 Å². The molecular formula is C20H36O2. The van der Waals surface area contributed by atoms with Crippen molar-refractivity contribution in [3.05, 3.63) is 0 Å². The Morgan fingerprint density at radius 3 is 2.18 bits per heavy atom. The van der Waals surface area contributed by atoms with E-state index in [1.165, 1.54) is 12.8 Å². The zero-order chi connectivity index (χ0) is 16.6. The maximum Gasteiger partial charge on any atom is 0.0620 e. The first-order valence-electron chi connectivity index (χ1n) is 9.30. The van der Waals surface area contributed by atoms with Gasteiger partial charge in [-0.25, -0.2) is 0 Å². The average molecular weight is 309 g/mol. The smallest absolute Gasteiger partial charge is 0.0620 e. The van der Waals surface area contributed by atoms with Crippen molar-refractivity contribution in [2.75, 3.05) is 0 Å². The minimum atomic E-state index is -0.601. The predicted octanol–water partition coefficient (Wildman–Crippen LogP) is 4.39. The van der Waals surface area contributed by atoms with Crippen LogP contribution in [0.1, 0.15) is 80.1 Å². The molecule has 2 heteroatoms. The van der Waals surface area contributed by atoms with E-state index in [9.17, 15) is 10.2 Å². The third-order valence-corrected chi connectivity index (χ3v) is 8.26. The molecule has 0 aliphatic heterocycles. The van der Waals surface area contributed by atoms with E-state index in [1.54, 1.807) is 0 Å². The Morgan fingerprint density at radius 2 is 1.59 bits per heavy atom. The van der Waals surface area contributed by atoms with Gasteiger partial charge in [0.25, 0.3) is 0 Å². The van der Waals surface area contributed by atoms with E-state index in [2.05, 4.69) is 27.7 Å². The Bertz CT molecular complexity index is 445. The summed E-state index contributed by atoms with van der Waals surface area (Å²) in [6, 6.07) is 0. The Kier molecular flexibility index (Phi) is 3.60. The van der Waals surface area contributed by atoms with Crippen molar-refractivity contribution in [2.45, 2.75) is 91.8 Å². The predicted molar refractivity (Wildman–Crippen MR) is 90.5 cm³/mol. The number of hydrogen-bond acceptors (Lipinski definition) is 2. The number of aliphatic hydroxyl groups is 2. The lowest BCUT2D eigenvalue weighted by molar-refractivity contribution is -0.229. The molecule has 0 heterocycles. The highest BCUT2D eigenvalue weighted by Gasteiger charge is 2.65. The molecular weight excluding hydrogens is 272 g/mol. The summed E-state index contributed by atoms with van der Waals surface area (Å²) in [5, 5.41) is 21.3. The van der Waals surface area contributed by atoms with Crippen LogP contribution in [0.25, 0.3) is 0 Å². The maximum absolute atomic E-state index is 10.7. The minimum Gasteiger partial charge on any atom is -0.393 e. The van der Waals surface area contributed by atoms with Crippen LogP contribution < -0.4 is 0 Å². The second-order valence-electron chi connectivity index (χ2n) is 10.5. The zero-order valence-electron chi connectivity index (χ0n) is 15.4. The van der Waals surface area contributed by atoms with Gasteiger partial charge < -0.3 is 10.2 Å². The van der Waals surface area contributed by atoms with Crippen LogP contribution in [-0.4, -0.2) is 21.9 Å². The molecule has 0 radical (unpaired) electrons. The third-order valence-electron chi connectivity index (χ3n) is 8.26. The summed E-state index contributed by atoms with van der Waals surface area (Å²) in [4.78, 5) is 0. The monoisotopic (exact) mass is 308 g/mol. The molecule has 0 saturated heterocycles. The largest absolute Gasteiger partial charge is 0.393 e. The molecule has 3 aliphatic rings. The van der Waals surface area contributed by atoms with Crippen molar-refractivity contribution >= 4 is 0 Å². The summed E-state index contributed by atoms with van der Waals surface area (Å²) in [6.45, 7) is 13.6. The summed E-state index contributed by atoms with van der Waals surface area (Å²) in [5.74, 6) is 1.74. The van der Waals surface area contributed by atoms with Crippen molar-refractivity contribution in [1.82, 2.24) is 0 Å². The van der Waals surface area contributed by atoms with Crippen molar-refractivity contribution in [3.8, 4) is 0 Å². The van der Waals surface area contributed by atoms with Crippen molar-refractivity contribution < 1.29 is 10.2 Å². The van der Waals surface area contributed by atoms with E-state index in [1.807, 2.05) is 13.8 Å². The molecule has 0 aromatic heterocycles. The van der Waals surface area contributed by atoms with E-state index < -0.39 is 5.60 Å². The van der Waals surface area contributed by atoms with E-state index in [0.29, 0.717) is 17.8 Å². The SMILES string of the molecule is CC(C)(O)C1C[C@@H]2CCC3C(C)(C)C[C@H](O)C[C@]3(C1)C2(C)C. The normalized spacial score (nSPS) is 46.9. The van der Waals surface area contributed by atoms with Gasteiger partial charge in [-0.2, -0.15) is 0 Å². The molecule has 3 aliphatic carbocycles. The van der Waals surface area contributed by atoms with Gasteiger partial charge in [0, 0.05) is 0 Å². The summed E-state index contributed by atoms with van der Waals surface area (Å²) in [7, 11) is 0. The minimum absolute atomic E-state index is 0.176. The third kappa shape index (κ3) is 2.20. The summed E-state index contributed by atoms with van der Waals surface area (Å²) in [5.41, 5.74) is 0.0773. The molecule has 0 aromatic carbocycles. The zero-order valence-corrected chi connectivity index (χ0v) is 15.4. The van der Waals surface area contributed by atoms with Crippen molar-refractivity contribution in [3.63, 3.8) is 0 Å². The van der Waals surface area contributed by atoms with Gasteiger partial charge in [-0.05, 0) is 86.4 Å². The van der Waals surface area contributed by atoms with E-state index in [0.717, 1.165) is 25.7 Å². The lowest BCUT2D eigenvalue weighted by Gasteiger charge is -2.70. The molecule has 1 spiro atoms. The van der Waals surface area contributed by atoms with E-state index in [-0.39, 0.29) is 22.3 Å². The van der Waals surface area contributed by atoms with E-state index in [4.69, 9.17) is 0 Å². The van der Waals surface area contributed by atoms with Gasteiger partial charge in [0.05, 0.1) is 11.7 Å². The molecule has 0 amide bonds. The topological polar surface area (TPSA) is 40.5 Å². The first kappa shape index (κ1) is 16.8. The Morgan fingerprint density at radius 1 is 0.955 bits per heavy atom. The van der Waals surface area contributed by atoms with Gasteiger partial charge >= 0.3 is 0 Å². The second-order valence-corrected chi connectivity index (χ2v) is 10.5. The Labute approximate surface area is 136 Å². The first-order chi connectivity index (χ1) is 9.90. The van der Waals surface area contributed by atoms with Crippen LogP contribution in [0, 0.1) is 34.0 Å². The molecule has 2 nitrogen and oxygen atoms in total. The maximum atomic E-state index is 10.7. The molecule has 0 aromatic rings. The number of rotatable bonds is 1. The standard InChI is InChI=1S/C20H36O2/c1-17(2)11-15(21)12-20-10-14(19(5,6)22)9-13(18(20,3)4)7-8-16(17)20/h13-16,21-22H,7-12H2,1-6H3/t13-,14?,15-,16?,20-/m0/s1. The lowest BCUT2D eigenvalue weighted by Crippen LogP contribution is -2.64. The van der Waals surface area contributed by atoms with Gasteiger partial charge in [0.2, 0.25) is 0 Å². The highest BCUT2D eigenvalue weighted by Crippen LogP contribution is 2.72. The van der Waals surface area contributed by atoms with Gasteiger partial charge in [-0.15, -0.1) is 0 Å². The molecule has 2 N–H and O–H groups in total. The molecule has 5 atom stereocenters. The van der Waals surface area contributed by atoms with E-state index >= 15 is 0 Å². The van der Waals surface area contributed by atoms with Gasteiger partial charge in [-0.1, -0.05) is 27.7 Å². The van der Waals surface area contributed by atoms with Crippen LogP contribution in [0.3, 0.4) is 0 Å². The highest BCUT2D eigenvalue weighted by molar-refractivity contribution is 5.14. The van der Waals surface area contributed by atoms with Gasteiger partial charge in [0.15, 0.2) is 0 Å². The fourth-order valence-electron chi connectivity index (χ4n) is 6.95. The lowest BCUT2D eigenvalue weighted by atomic mass is 9.35. The highest BCUT2D eigenvalue weighted by atomic mass is 16.3.